The quantitative estimate of drug-likeness (QED) is 0.373. The number of rotatable bonds is 6. The van der Waals surface area contributed by atoms with Gasteiger partial charge in [0.05, 0.1) is 6.61 Å². The number of halogens is 1. The van der Waals surface area contributed by atoms with Crippen LogP contribution in [0.25, 0.3) is 0 Å². The largest absolute Gasteiger partial charge is 0.462 e. The van der Waals surface area contributed by atoms with Gasteiger partial charge in [-0.25, -0.2) is 4.79 Å². The van der Waals surface area contributed by atoms with Gasteiger partial charge in [0, 0.05) is 22.3 Å². The Hall–Kier alpha value is -1.62. The van der Waals surface area contributed by atoms with Crippen molar-refractivity contribution < 1.29 is 14.3 Å². The Morgan fingerprint density at radius 3 is 2.40 bits per heavy atom. The number of hydrogen-bond acceptors (Lipinski definition) is 4. The molecule has 1 N–H and O–H groups in total. The molecule has 1 aromatic rings. The second-order valence-corrected chi connectivity index (χ2v) is 5.36. The topological polar surface area (TPSA) is 55.4 Å². The van der Waals surface area contributed by atoms with Gasteiger partial charge in [0.15, 0.2) is 5.78 Å². The lowest BCUT2D eigenvalue weighted by Gasteiger charge is -2.09. The van der Waals surface area contributed by atoms with Crippen molar-refractivity contribution in [1.82, 2.24) is 0 Å². The number of benzene rings is 1. The van der Waals surface area contributed by atoms with Crippen molar-refractivity contribution in [3.63, 3.8) is 0 Å². The summed E-state index contributed by atoms with van der Waals surface area (Å²) in [7, 11) is 0. The highest BCUT2D eigenvalue weighted by atomic mass is 79.9. The van der Waals surface area contributed by atoms with Crippen molar-refractivity contribution in [3.05, 3.63) is 40.5 Å². The first-order valence-corrected chi connectivity index (χ1v) is 7.18. The first-order valence-electron chi connectivity index (χ1n) is 6.39. The molecule has 0 aromatic heterocycles. The fourth-order valence-corrected chi connectivity index (χ4v) is 1.72. The number of carbonyl (C=O) groups is 2. The maximum absolute atomic E-state index is 12.0. The third-order valence-corrected chi connectivity index (χ3v) is 3.04. The summed E-state index contributed by atoms with van der Waals surface area (Å²) in [6.45, 7) is 5.43. The van der Waals surface area contributed by atoms with Gasteiger partial charge >= 0.3 is 5.97 Å². The minimum absolute atomic E-state index is 0.0322. The molecule has 1 rings (SSSR count). The summed E-state index contributed by atoms with van der Waals surface area (Å²) in [5, 5.41) is 2.94. The molecule has 108 valence electrons. The zero-order valence-corrected chi connectivity index (χ0v) is 13.4. The SMILES string of the molecule is CCOC(=O)/C(=C/Nc1ccc(Br)cc1)C(=O)C(C)C. The van der Waals surface area contributed by atoms with Crippen molar-refractivity contribution >= 4 is 33.4 Å². The molecule has 0 saturated carbocycles. The number of anilines is 1. The molecule has 0 saturated heterocycles. The van der Waals surface area contributed by atoms with E-state index in [1.54, 1.807) is 20.8 Å². The Balaban J connectivity index is 2.92. The predicted octanol–water partition coefficient (Wildman–Crippen LogP) is 3.53. The van der Waals surface area contributed by atoms with E-state index in [-0.39, 0.29) is 23.9 Å². The van der Waals surface area contributed by atoms with E-state index in [1.165, 1.54) is 6.20 Å². The molecule has 0 aliphatic heterocycles. The molecule has 0 atom stereocenters. The van der Waals surface area contributed by atoms with E-state index < -0.39 is 5.97 Å². The van der Waals surface area contributed by atoms with Crippen LogP contribution in [0.15, 0.2) is 40.5 Å². The molecule has 0 unspecified atom stereocenters. The molecule has 20 heavy (non-hydrogen) atoms. The Bertz CT molecular complexity index is 506. The van der Waals surface area contributed by atoms with Gasteiger partial charge in [-0.2, -0.15) is 0 Å². The Kier molecular flexibility index (Phi) is 6.45. The smallest absolute Gasteiger partial charge is 0.343 e. The minimum Gasteiger partial charge on any atom is -0.462 e. The summed E-state index contributed by atoms with van der Waals surface area (Å²) in [6.07, 6.45) is 1.41. The summed E-state index contributed by atoms with van der Waals surface area (Å²) in [4.78, 5) is 23.8. The van der Waals surface area contributed by atoms with Gasteiger partial charge < -0.3 is 10.1 Å². The summed E-state index contributed by atoms with van der Waals surface area (Å²) in [6, 6.07) is 7.40. The van der Waals surface area contributed by atoms with E-state index in [2.05, 4.69) is 21.2 Å². The Morgan fingerprint density at radius 2 is 1.90 bits per heavy atom. The van der Waals surface area contributed by atoms with E-state index >= 15 is 0 Å². The van der Waals surface area contributed by atoms with Crippen molar-refractivity contribution in [1.29, 1.82) is 0 Å². The third-order valence-electron chi connectivity index (χ3n) is 2.51. The van der Waals surface area contributed by atoms with E-state index in [9.17, 15) is 9.59 Å². The molecule has 0 aliphatic rings. The fourth-order valence-electron chi connectivity index (χ4n) is 1.45. The lowest BCUT2D eigenvalue weighted by atomic mass is 10.0. The monoisotopic (exact) mass is 339 g/mol. The molecule has 4 nitrogen and oxygen atoms in total. The van der Waals surface area contributed by atoms with E-state index in [4.69, 9.17) is 4.74 Å². The molecule has 0 aliphatic carbocycles. The lowest BCUT2D eigenvalue weighted by Crippen LogP contribution is -2.21. The molecule has 0 spiro atoms. The second-order valence-electron chi connectivity index (χ2n) is 4.45. The second kappa shape index (κ2) is 7.85. The van der Waals surface area contributed by atoms with Crippen LogP contribution < -0.4 is 5.32 Å². The highest BCUT2D eigenvalue weighted by Crippen LogP contribution is 2.15. The first kappa shape index (κ1) is 16.4. The van der Waals surface area contributed by atoms with Crippen LogP contribution in [0.5, 0.6) is 0 Å². The van der Waals surface area contributed by atoms with E-state index in [0.29, 0.717) is 0 Å². The van der Waals surface area contributed by atoms with Gasteiger partial charge in [-0.1, -0.05) is 29.8 Å². The van der Waals surface area contributed by atoms with Gasteiger partial charge in [-0.3, -0.25) is 4.79 Å². The maximum Gasteiger partial charge on any atom is 0.343 e. The summed E-state index contributed by atoms with van der Waals surface area (Å²) in [5.74, 6) is -1.11. The third kappa shape index (κ3) is 4.81. The van der Waals surface area contributed by atoms with Crippen LogP contribution in [-0.2, 0) is 14.3 Å². The molecule has 0 radical (unpaired) electrons. The van der Waals surface area contributed by atoms with Crippen LogP contribution in [0.3, 0.4) is 0 Å². The van der Waals surface area contributed by atoms with E-state index in [0.717, 1.165) is 10.2 Å². The van der Waals surface area contributed by atoms with Crippen molar-refractivity contribution in [2.24, 2.45) is 5.92 Å². The predicted molar refractivity (Wildman–Crippen MR) is 82.3 cm³/mol. The number of nitrogens with one attached hydrogen (secondary N) is 1. The first-order chi connectivity index (χ1) is 9.45. The summed E-state index contributed by atoms with van der Waals surface area (Å²) < 4.78 is 5.86. The molecule has 0 bridgehead atoms. The highest BCUT2D eigenvalue weighted by Gasteiger charge is 2.21. The molecule has 5 heteroatoms. The summed E-state index contributed by atoms with van der Waals surface area (Å²) in [5.41, 5.74) is 0.816. The average molecular weight is 340 g/mol. The van der Waals surface area contributed by atoms with Crippen molar-refractivity contribution in [3.8, 4) is 0 Å². The molecule has 0 amide bonds. The molecular weight excluding hydrogens is 322 g/mol. The molecule has 0 fully saturated rings. The van der Waals surface area contributed by atoms with Crippen LogP contribution >= 0.6 is 15.9 Å². The molecular formula is C15H18BrNO3. The number of Topliss-reactive ketones (excluding diaryl/α,β-unsaturated/α-hetero) is 1. The van der Waals surface area contributed by atoms with Gasteiger partial charge in [0.1, 0.15) is 5.57 Å². The van der Waals surface area contributed by atoms with E-state index in [1.807, 2.05) is 24.3 Å². The summed E-state index contributed by atoms with van der Waals surface area (Å²) >= 11 is 3.34. The number of carbonyl (C=O) groups excluding carboxylic acids is 2. The number of ether oxygens (including phenoxy) is 1. The zero-order valence-electron chi connectivity index (χ0n) is 11.8. The van der Waals surface area contributed by atoms with Crippen LogP contribution in [0.4, 0.5) is 5.69 Å². The highest BCUT2D eigenvalue weighted by molar-refractivity contribution is 9.10. The normalized spacial score (nSPS) is 11.3. The number of esters is 1. The minimum atomic E-state index is -0.601. The number of hydrogen-bond donors (Lipinski definition) is 1. The average Bonchev–Trinajstić information content (AvgIpc) is 2.41. The van der Waals surface area contributed by atoms with Gasteiger partial charge in [0.25, 0.3) is 0 Å². The van der Waals surface area contributed by atoms with Crippen LogP contribution in [-0.4, -0.2) is 18.4 Å². The molecule has 0 heterocycles. The molecule has 1 aromatic carbocycles. The van der Waals surface area contributed by atoms with Crippen molar-refractivity contribution in [2.45, 2.75) is 20.8 Å². The van der Waals surface area contributed by atoms with Crippen LogP contribution in [0.2, 0.25) is 0 Å². The van der Waals surface area contributed by atoms with Gasteiger partial charge in [-0.05, 0) is 31.2 Å². The van der Waals surface area contributed by atoms with Gasteiger partial charge in [-0.15, -0.1) is 0 Å². The maximum atomic E-state index is 12.0. The number of ketones is 1. The van der Waals surface area contributed by atoms with Crippen LogP contribution in [0.1, 0.15) is 20.8 Å². The van der Waals surface area contributed by atoms with Gasteiger partial charge in [0.2, 0.25) is 0 Å². The standard InChI is InChI=1S/C15H18BrNO3/c1-4-20-15(19)13(14(18)10(2)3)9-17-12-7-5-11(16)6-8-12/h5-10,17H,4H2,1-3H3/b13-9+. The zero-order chi connectivity index (χ0) is 15.1. The van der Waals surface area contributed by atoms with Crippen molar-refractivity contribution in [2.75, 3.05) is 11.9 Å². The lowest BCUT2D eigenvalue weighted by molar-refractivity contribution is -0.140. The van der Waals surface area contributed by atoms with Crippen LogP contribution in [0, 0.1) is 5.92 Å². The Labute approximate surface area is 127 Å². The Morgan fingerprint density at radius 1 is 1.30 bits per heavy atom. The fraction of sp³-hybridized carbons (Fsp3) is 0.333.